The summed E-state index contributed by atoms with van der Waals surface area (Å²) in [6.45, 7) is 7.90. The number of rotatable bonds is 5. The first-order valence-electron chi connectivity index (χ1n) is 10.1. The maximum atomic E-state index is 12.7. The molecule has 7 heteroatoms. The van der Waals surface area contributed by atoms with Crippen molar-refractivity contribution < 1.29 is 13.2 Å². The third-order valence-corrected chi connectivity index (χ3v) is 6.95. The quantitative estimate of drug-likeness (QED) is 0.820. The van der Waals surface area contributed by atoms with Crippen LogP contribution in [0.5, 0.6) is 0 Å². The molecule has 1 saturated heterocycles. The summed E-state index contributed by atoms with van der Waals surface area (Å²) >= 11 is 0. The number of likely N-dealkylation sites (tertiary alicyclic amines) is 1. The molecule has 6 nitrogen and oxygen atoms in total. The fourth-order valence-electron chi connectivity index (χ4n) is 3.82. The second kappa shape index (κ2) is 8.47. The largest absolute Gasteiger partial charge is 0.356 e. The highest BCUT2D eigenvalue weighted by molar-refractivity contribution is 8.00. The number of nitrogens with zero attached hydrogens (tertiary/aromatic N) is 2. The van der Waals surface area contributed by atoms with Crippen molar-refractivity contribution >= 4 is 26.7 Å². The molecule has 0 aliphatic carbocycles. The van der Waals surface area contributed by atoms with Gasteiger partial charge >= 0.3 is 0 Å². The number of amidine groups is 1. The Labute approximate surface area is 167 Å². The lowest BCUT2D eigenvalue weighted by atomic mass is 9.95. The van der Waals surface area contributed by atoms with Crippen LogP contribution in [-0.2, 0) is 21.2 Å². The molecule has 0 atom stereocenters. The van der Waals surface area contributed by atoms with E-state index in [0.29, 0.717) is 54.4 Å². The number of carbonyl (C=O) groups is 1. The van der Waals surface area contributed by atoms with Crippen molar-refractivity contribution in [2.45, 2.75) is 46.5 Å². The second-order valence-electron chi connectivity index (χ2n) is 7.45. The fourth-order valence-corrected chi connectivity index (χ4v) is 5.30. The maximum Gasteiger partial charge on any atom is 0.285 e. The molecule has 152 valence electrons. The summed E-state index contributed by atoms with van der Waals surface area (Å²) in [5, 5.41) is 2.95. The molecule has 0 radical (unpaired) electrons. The van der Waals surface area contributed by atoms with E-state index in [2.05, 4.69) is 16.6 Å². The second-order valence-corrected chi connectivity index (χ2v) is 8.99. The molecule has 1 aromatic carbocycles. The summed E-state index contributed by atoms with van der Waals surface area (Å²) in [4.78, 5) is 14.5. The van der Waals surface area contributed by atoms with E-state index in [1.807, 2.05) is 43.0 Å². The molecule has 0 spiro atoms. The molecule has 1 amide bonds. The van der Waals surface area contributed by atoms with Gasteiger partial charge in [0.05, 0.1) is 0 Å². The Morgan fingerprint density at radius 3 is 2.39 bits per heavy atom. The van der Waals surface area contributed by atoms with Crippen LogP contribution in [-0.4, -0.2) is 44.7 Å². The number of piperidine rings is 1. The van der Waals surface area contributed by atoms with Crippen LogP contribution in [0.4, 0.5) is 0 Å². The molecular weight excluding hydrogens is 374 g/mol. The summed E-state index contributed by atoms with van der Waals surface area (Å²) < 4.78 is 29.6. The van der Waals surface area contributed by atoms with Gasteiger partial charge in [0.2, 0.25) is 5.91 Å². The van der Waals surface area contributed by atoms with Crippen molar-refractivity contribution in [1.29, 1.82) is 0 Å². The van der Waals surface area contributed by atoms with E-state index < -0.39 is 10.0 Å². The van der Waals surface area contributed by atoms with Crippen LogP contribution in [0.3, 0.4) is 0 Å². The molecule has 0 unspecified atom stereocenters. The Kier molecular flexibility index (Phi) is 6.23. The van der Waals surface area contributed by atoms with Gasteiger partial charge in [0, 0.05) is 31.1 Å². The number of hydrogen-bond acceptors (Lipinski definition) is 4. The number of aryl methyl sites for hydroxylation is 1. The zero-order valence-corrected chi connectivity index (χ0v) is 17.7. The maximum absolute atomic E-state index is 12.7. The van der Waals surface area contributed by atoms with Gasteiger partial charge in [-0.05, 0) is 43.7 Å². The van der Waals surface area contributed by atoms with E-state index in [9.17, 15) is 13.2 Å². The average molecular weight is 404 g/mol. The molecule has 1 fully saturated rings. The van der Waals surface area contributed by atoms with Crippen molar-refractivity contribution in [2.24, 2.45) is 10.3 Å². The Bertz CT molecular complexity index is 893. The molecular formula is C21H29N3O3S. The van der Waals surface area contributed by atoms with Crippen molar-refractivity contribution in [1.82, 2.24) is 10.2 Å². The summed E-state index contributed by atoms with van der Waals surface area (Å²) in [7, 11) is -3.70. The third kappa shape index (κ3) is 4.14. The summed E-state index contributed by atoms with van der Waals surface area (Å²) in [5.41, 5.74) is 2.54. The molecule has 0 bridgehead atoms. The van der Waals surface area contributed by atoms with Gasteiger partial charge in [0.1, 0.15) is 10.7 Å². The summed E-state index contributed by atoms with van der Waals surface area (Å²) in [5.74, 6) is 0.625. The predicted molar refractivity (Wildman–Crippen MR) is 112 cm³/mol. The minimum Gasteiger partial charge on any atom is -0.356 e. The fraction of sp³-hybridized carbons (Fsp3) is 0.524. The van der Waals surface area contributed by atoms with Gasteiger partial charge in [-0.3, -0.25) is 4.79 Å². The first-order valence-corrected chi connectivity index (χ1v) is 11.5. The van der Waals surface area contributed by atoms with Gasteiger partial charge in [-0.1, -0.05) is 38.1 Å². The van der Waals surface area contributed by atoms with Gasteiger partial charge in [-0.25, -0.2) is 0 Å². The van der Waals surface area contributed by atoms with Crippen molar-refractivity contribution in [3.05, 3.63) is 41.0 Å². The lowest BCUT2D eigenvalue weighted by molar-refractivity contribution is -0.126. The average Bonchev–Trinajstić information content (AvgIpc) is 2.95. The Balaban J connectivity index is 1.76. The number of carbonyl (C=O) groups excluding carboxylic acids is 1. The molecule has 2 aliphatic rings. The monoisotopic (exact) mass is 403 g/mol. The summed E-state index contributed by atoms with van der Waals surface area (Å²) in [6.07, 6.45) is 3.25. The van der Waals surface area contributed by atoms with Crippen LogP contribution in [0.1, 0.15) is 51.2 Å². The topological polar surface area (TPSA) is 78.8 Å². The highest BCUT2D eigenvalue weighted by atomic mass is 32.2. The normalized spacial score (nSPS) is 19.7. The Morgan fingerprint density at radius 2 is 1.82 bits per heavy atom. The molecule has 2 aliphatic heterocycles. The number of hydrogen-bond donors (Lipinski definition) is 1. The van der Waals surface area contributed by atoms with Crippen LogP contribution >= 0.6 is 0 Å². The molecule has 0 aromatic heterocycles. The highest BCUT2D eigenvalue weighted by Crippen LogP contribution is 2.34. The SMILES string of the molecule is CCCNC(=O)C1CCN(C2=NS(=O)(=O)C(c3ccc(CC)cc3)=C2C)CC1. The van der Waals surface area contributed by atoms with Gasteiger partial charge in [-0.15, -0.1) is 4.40 Å². The Morgan fingerprint density at radius 1 is 1.18 bits per heavy atom. The van der Waals surface area contributed by atoms with Crippen LogP contribution in [0.2, 0.25) is 0 Å². The van der Waals surface area contributed by atoms with Gasteiger partial charge in [0.15, 0.2) is 0 Å². The zero-order chi connectivity index (χ0) is 20.3. The standard InChI is InChI=1S/C21H29N3O3S/c1-4-12-22-21(25)18-10-13-24(14-11-18)20-15(3)19(28(26,27)23-20)17-8-6-16(5-2)7-9-17/h6-9,18H,4-5,10-14H2,1-3H3,(H,22,25). The lowest BCUT2D eigenvalue weighted by Gasteiger charge is -2.32. The van der Waals surface area contributed by atoms with Gasteiger partial charge in [0.25, 0.3) is 10.0 Å². The summed E-state index contributed by atoms with van der Waals surface area (Å²) in [6, 6.07) is 7.64. The lowest BCUT2D eigenvalue weighted by Crippen LogP contribution is -2.43. The van der Waals surface area contributed by atoms with Crippen molar-refractivity contribution in [3.8, 4) is 0 Å². The number of sulfonamides is 1. The predicted octanol–water partition coefficient (Wildman–Crippen LogP) is 2.96. The molecule has 3 rings (SSSR count). The van der Waals surface area contributed by atoms with E-state index >= 15 is 0 Å². The first kappa shape index (κ1) is 20.6. The van der Waals surface area contributed by atoms with E-state index in [-0.39, 0.29) is 11.8 Å². The van der Waals surface area contributed by atoms with E-state index in [1.54, 1.807) is 0 Å². The van der Waals surface area contributed by atoms with Crippen LogP contribution in [0.15, 0.2) is 34.2 Å². The third-order valence-electron chi connectivity index (χ3n) is 5.48. The minimum absolute atomic E-state index is 0.00763. The van der Waals surface area contributed by atoms with Crippen molar-refractivity contribution in [3.63, 3.8) is 0 Å². The Hall–Kier alpha value is -2.15. The minimum atomic E-state index is -3.70. The van der Waals surface area contributed by atoms with Crippen LogP contribution in [0, 0.1) is 5.92 Å². The van der Waals surface area contributed by atoms with E-state index in [4.69, 9.17) is 0 Å². The zero-order valence-electron chi connectivity index (χ0n) is 16.9. The van der Waals surface area contributed by atoms with E-state index in [1.165, 1.54) is 5.56 Å². The molecule has 2 heterocycles. The smallest absolute Gasteiger partial charge is 0.285 e. The molecule has 0 saturated carbocycles. The number of benzene rings is 1. The highest BCUT2D eigenvalue weighted by Gasteiger charge is 2.35. The van der Waals surface area contributed by atoms with Gasteiger partial charge < -0.3 is 10.2 Å². The van der Waals surface area contributed by atoms with Crippen molar-refractivity contribution in [2.75, 3.05) is 19.6 Å². The van der Waals surface area contributed by atoms with Crippen LogP contribution in [0.25, 0.3) is 4.91 Å². The molecule has 1 aromatic rings. The van der Waals surface area contributed by atoms with Gasteiger partial charge in [-0.2, -0.15) is 8.42 Å². The first-order chi connectivity index (χ1) is 13.4. The van der Waals surface area contributed by atoms with E-state index in [0.717, 1.165) is 12.8 Å². The molecule has 28 heavy (non-hydrogen) atoms. The van der Waals surface area contributed by atoms with Crippen LogP contribution < -0.4 is 5.32 Å². The number of nitrogens with one attached hydrogen (secondary N) is 1. The molecule has 1 N–H and O–H groups in total. The number of amides is 1.